The van der Waals surface area contributed by atoms with E-state index >= 15 is 0 Å². The van der Waals surface area contributed by atoms with Gasteiger partial charge in [0.2, 0.25) is 5.91 Å². The summed E-state index contributed by atoms with van der Waals surface area (Å²) >= 11 is 1.58. The smallest absolute Gasteiger partial charge is 0.230 e. The predicted molar refractivity (Wildman–Crippen MR) is 134 cm³/mol. The number of thioether (sulfide) groups is 1. The Hall–Kier alpha value is -2.38. The minimum Gasteiger partial charge on any atom is -0.494 e. The van der Waals surface area contributed by atoms with Gasteiger partial charge < -0.3 is 19.5 Å². The maximum atomic E-state index is 12.1. The van der Waals surface area contributed by atoms with Crippen LogP contribution in [0.3, 0.4) is 0 Å². The van der Waals surface area contributed by atoms with Gasteiger partial charge in [0, 0.05) is 18.8 Å². The Balaban J connectivity index is 1.28. The van der Waals surface area contributed by atoms with Crippen molar-refractivity contribution in [2.75, 3.05) is 46.2 Å². The lowest BCUT2D eigenvalue weighted by Crippen LogP contribution is -2.29. The number of nitrogens with zero attached hydrogens (tertiary/aromatic N) is 1. The van der Waals surface area contributed by atoms with Crippen molar-refractivity contribution < 1.29 is 19.0 Å². The number of rotatable bonds is 13. The molecule has 0 aromatic heterocycles. The first-order valence-corrected chi connectivity index (χ1v) is 12.8. The fourth-order valence-electron chi connectivity index (χ4n) is 3.88. The molecule has 1 N–H and O–H groups in total. The number of benzene rings is 2. The van der Waals surface area contributed by atoms with Gasteiger partial charge in [0.05, 0.1) is 26.6 Å². The van der Waals surface area contributed by atoms with Crippen LogP contribution in [0.2, 0.25) is 0 Å². The summed E-state index contributed by atoms with van der Waals surface area (Å²) in [5.41, 5.74) is 2.40. The van der Waals surface area contributed by atoms with E-state index in [1.165, 1.54) is 37.9 Å². The number of nitrogens with one attached hydrogen (secondary N) is 1. The van der Waals surface area contributed by atoms with Crippen LogP contribution in [0.5, 0.6) is 17.2 Å². The number of carbonyl (C=O) groups excluding carboxylic acids is 1. The molecule has 2 aromatic carbocycles. The standard InChI is InChI=1S/C26H36N2O4S/c1-30-24-11-10-22(17-25(24)31-2)19-33-20-26(29)27-12-7-15-32-23-9-6-8-21(16-23)18-28-13-4-3-5-14-28/h6,8-11,16-17H,3-5,7,12-15,18-20H2,1-2H3,(H,27,29). The van der Waals surface area contributed by atoms with E-state index in [-0.39, 0.29) is 5.91 Å². The van der Waals surface area contributed by atoms with E-state index < -0.39 is 0 Å². The number of likely N-dealkylation sites (tertiary alicyclic amines) is 1. The summed E-state index contributed by atoms with van der Waals surface area (Å²) in [4.78, 5) is 14.6. The van der Waals surface area contributed by atoms with Crippen LogP contribution in [0.4, 0.5) is 0 Å². The van der Waals surface area contributed by atoms with Crippen molar-refractivity contribution in [3.8, 4) is 17.2 Å². The van der Waals surface area contributed by atoms with Crippen molar-refractivity contribution in [3.63, 3.8) is 0 Å². The first-order chi connectivity index (χ1) is 16.2. The van der Waals surface area contributed by atoms with Gasteiger partial charge >= 0.3 is 0 Å². The fraction of sp³-hybridized carbons (Fsp3) is 0.500. The van der Waals surface area contributed by atoms with Gasteiger partial charge in [-0.25, -0.2) is 0 Å². The SMILES string of the molecule is COc1ccc(CSCC(=O)NCCCOc2cccc(CN3CCCCC3)c2)cc1OC. The highest BCUT2D eigenvalue weighted by atomic mass is 32.2. The van der Waals surface area contributed by atoms with Gasteiger partial charge in [0.1, 0.15) is 5.75 Å². The second-order valence-corrected chi connectivity index (χ2v) is 9.20. The van der Waals surface area contributed by atoms with E-state index in [2.05, 4.69) is 28.4 Å². The molecule has 1 aliphatic heterocycles. The van der Waals surface area contributed by atoms with Gasteiger partial charge in [-0.3, -0.25) is 9.69 Å². The van der Waals surface area contributed by atoms with Crippen LogP contribution in [0, 0.1) is 0 Å². The molecule has 180 valence electrons. The summed E-state index contributed by atoms with van der Waals surface area (Å²) in [5.74, 6) is 3.53. The Morgan fingerprint density at radius 1 is 1.00 bits per heavy atom. The third-order valence-electron chi connectivity index (χ3n) is 5.62. The number of methoxy groups -OCH3 is 2. The predicted octanol–water partition coefficient (Wildman–Crippen LogP) is 4.51. The van der Waals surface area contributed by atoms with Crippen LogP contribution >= 0.6 is 11.8 Å². The van der Waals surface area contributed by atoms with Gasteiger partial charge in [-0.1, -0.05) is 24.6 Å². The Labute approximate surface area is 202 Å². The molecule has 33 heavy (non-hydrogen) atoms. The zero-order valence-electron chi connectivity index (χ0n) is 19.8. The molecular weight excluding hydrogens is 436 g/mol. The number of amides is 1. The Bertz CT molecular complexity index is 871. The summed E-state index contributed by atoms with van der Waals surface area (Å²) in [6.07, 6.45) is 4.74. The molecule has 1 heterocycles. The van der Waals surface area contributed by atoms with Crippen molar-refractivity contribution >= 4 is 17.7 Å². The zero-order chi connectivity index (χ0) is 23.3. The fourth-order valence-corrected chi connectivity index (χ4v) is 4.69. The average molecular weight is 473 g/mol. The first-order valence-electron chi connectivity index (χ1n) is 11.7. The molecule has 0 saturated carbocycles. The number of ether oxygens (including phenoxy) is 3. The van der Waals surface area contributed by atoms with E-state index in [1.807, 2.05) is 24.3 Å². The van der Waals surface area contributed by atoms with E-state index in [4.69, 9.17) is 14.2 Å². The molecule has 2 aromatic rings. The van der Waals surface area contributed by atoms with Gasteiger partial charge in [-0.05, 0) is 67.7 Å². The Morgan fingerprint density at radius 2 is 1.82 bits per heavy atom. The van der Waals surface area contributed by atoms with Crippen LogP contribution in [0.1, 0.15) is 36.8 Å². The first kappa shape index (κ1) is 25.2. The summed E-state index contributed by atoms with van der Waals surface area (Å²) in [5, 5.41) is 2.97. The molecule has 3 rings (SSSR count). The second kappa shape index (κ2) is 14.0. The van der Waals surface area contributed by atoms with E-state index in [1.54, 1.807) is 26.0 Å². The molecule has 1 aliphatic rings. The van der Waals surface area contributed by atoms with E-state index in [0.29, 0.717) is 30.4 Å². The minimum absolute atomic E-state index is 0.0454. The molecule has 0 aliphatic carbocycles. The Morgan fingerprint density at radius 3 is 2.61 bits per heavy atom. The molecule has 1 saturated heterocycles. The lowest BCUT2D eigenvalue weighted by molar-refractivity contribution is -0.118. The molecule has 0 unspecified atom stereocenters. The highest BCUT2D eigenvalue weighted by molar-refractivity contribution is 7.99. The highest BCUT2D eigenvalue weighted by Gasteiger charge is 2.11. The summed E-state index contributed by atoms with van der Waals surface area (Å²) in [6, 6.07) is 14.2. The number of hydrogen-bond acceptors (Lipinski definition) is 6. The lowest BCUT2D eigenvalue weighted by atomic mass is 10.1. The third-order valence-corrected chi connectivity index (χ3v) is 6.62. The number of hydrogen-bond donors (Lipinski definition) is 1. The molecule has 0 spiro atoms. The number of carbonyl (C=O) groups is 1. The quantitative estimate of drug-likeness (QED) is 0.433. The maximum absolute atomic E-state index is 12.1. The molecule has 1 fully saturated rings. The largest absolute Gasteiger partial charge is 0.494 e. The topological polar surface area (TPSA) is 60.0 Å². The zero-order valence-corrected chi connectivity index (χ0v) is 20.6. The van der Waals surface area contributed by atoms with Crippen LogP contribution in [0.25, 0.3) is 0 Å². The lowest BCUT2D eigenvalue weighted by Gasteiger charge is -2.26. The second-order valence-electron chi connectivity index (χ2n) is 8.22. The molecule has 1 amide bonds. The van der Waals surface area contributed by atoms with Crippen molar-refractivity contribution in [1.82, 2.24) is 10.2 Å². The molecule has 6 nitrogen and oxygen atoms in total. The van der Waals surface area contributed by atoms with Crippen molar-refractivity contribution in [1.29, 1.82) is 0 Å². The molecule has 0 bridgehead atoms. The van der Waals surface area contributed by atoms with Crippen molar-refractivity contribution in [2.45, 2.75) is 38.0 Å². The van der Waals surface area contributed by atoms with E-state index in [9.17, 15) is 4.79 Å². The van der Waals surface area contributed by atoms with Crippen molar-refractivity contribution in [3.05, 3.63) is 53.6 Å². The normalized spacial score (nSPS) is 14.0. The van der Waals surface area contributed by atoms with Crippen LogP contribution < -0.4 is 19.5 Å². The van der Waals surface area contributed by atoms with Crippen LogP contribution in [0.15, 0.2) is 42.5 Å². The molecule has 7 heteroatoms. The maximum Gasteiger partial charge on any atom is 0.230 e. The summed E-state index contributed by atoms with van der Waals surface area (Å²) in [7, 11) is 3.24. The Kier molecular flexibility index (Phi) is 10.7. The monoisotopic (exact) mass is 472 g/mol. The number of piperidine rings is 1. The highest BCUT2D eigenvalue weighted by Crippen LogP contribution is 2.29. The van der Waals surface area contributed by atoms with Crippen molar-refractivity contribution in [2.24, 2.45) is 0 Å². The molecular formula is C26H36N2O4S. The van der Waals surface area contributed by atoms with E-state index in [0.717, 1.165) is 30.0 Å². The van der Waals surface area contributed by atoms with Crippen LogP contribution in [-0.4, -0.2) is 57.0 Å². The minimum atomic E-state index is 0.0454. The third kappa shape index (κ3) is 8.82. The molecule has 0 radical (unpaired) electrons. The van der Waals surface area contributed by atoms with Gasteiger partial charge in [-0.2, -0.15) is 0 Å². The summed E-state index contributed by atoms with van der Waals surface area (Å²) < 4.78 is 16.5. The van der Waals surface area contributed by atoms with Gasteiger partial charge in [-0.15, -0.1) is 11.8 Å². The molecule has 0 atom stereocenters. The summed E-state index contributed by atoms with van der Waals surface area (Å²) in [6.45, 7) is 4.58. The van der Waals surface area contributed by atoms with Gasteiger partial charge in [0.25, 0.3) is 0 Å². The van der Waals surface area contributed by atoms with Crippen LogP contribution in [-0.2, 0) is 17.1 Å². The van der Waals surface area contributed by atoms with Gasteiger partial charge in [0.15, 0.2) is 11.5 Å². The average Bonchev–Trinajstić information content (AvgIpc) is 2.84.